The summed E-state index contributed by atoms with van der Waals surface area (Å²) in [6.07, 6.45) is -0.0854. The molecule has 0 aromatic heterocycles. The van der Waals surface area contributed by atoms with Crippen molar-refractivity contribution < 1.29 is 21.6 Å². The molecule has 0 spiro atoms. The first-order valence-corrected chi connectivity index (χ1v) is 12.6. The number of amides is 1. The fourth-order valence-corrected chi connectivity index (χ4v) is 5.98. The zero-order valence-electron chi connectivity index (χ0n) is 16.4. The summed E-state index contributed by atoms with van der Waals surface area (Å²) in [5.41, 5.74) is 0.915. The van der Waals surface area contributed by atoms with Crippen molar-refractivity contribution in [1.29, 1.82) is 0 Å². The number of sulfonamides is 2. The Morgan fingerprint density at radius 1 is 1.13 bits per heavy atom. The van der Waals surface area contributed by atoms with Gasteiger partial charge in [0.15, 0.2) is 0 Å². The minimum absolute atomic E-state index is 0.0352. The van der Waals surface area contributed by atoms with Crippen LogP contribution in [0.15, 0.2) is 53.4 Å². The predicted molar refractivity (Wildman–Crippen MR) is 115 cm³/mol. The number of carbonyl (C=O) groups is 1. The first-order chi connectivity index (χ1) is 14.0. The SMILES string of the molecule is CN(C)[C@@H](CNS(=O)(=O)c1ccc(N2C(=O)CCS2(=O)=O)cc1)c1ccccc1Cl. The number of nitrogens with one attached hydrogen (secondary N) is 1. The molecular weight excluding hydrogens is 450 g/mol. The number of benzene rings is 2. The van der Waals surface area contributed by atoms with Gasteiger partial charge in [0.1, 0.15) is 0 Å². The number of likely N-dealkylation sites (N-methyl/N-ethyl adjacent to an activating group) is 1. The molecule has 0 bridgehead atoms. The lowest BCUT2D eigenvalue weighted by Gasteiger charge is -2.26. The Morgan fingerprint density at radius 2 is 1.77 bits per heavy atom. The molecule has 0 radical (unpaired) electrons. The first kappa shape index (κ1) is 22.7. The van der Waals surface area contributed by atoms with E-state index in [0.717, 1.165) is 9.87 Å². The highest BCUT2D eigenvalue weighted by atomic mass is 35.5. The second-order valence-corrected chi connectivity index (χ2v) is 11.2. The number of anilines is 1. The molecule has 3 rings (SSSR count). The van der Waals surface area contributed by atoms with E-state index in [0.29, 0.717) is 5.02 Å². The normalized spacial score (nSPS) is 17.5. The largest absolute Gasteiger partial charge is 0.301 e. The minimum Gasteiger partial charge on any atom is -0.301 e. The standard InChI is InChI=1S/C19H22ClN3O5S2/c1-22(2)18(16-5-3-4-6-17(16)20)13-21-30(27,28)15-9-7-14(8-10-15)23-19(24)11-12-29(23,25)26/h3-10,18,21H,11-13H2,1-2H3/t18-/m0/s1. The Kier molecular flexibility index (Phi) is 6.54. The second kappa shape index (κ2) is 8.64. The van der Waals surface area contributed by atoms with Crippen LogP contribution in [0.25, 0.3) is 0 Å². The summed E-state index contributed by atoms with van der Waals surface area (Å²) in [5.74, 6) is -0.779. The molecule has 2 aromatic carbocycles. The highest BCUT2D eigenvalue weighted by molar-refractivity contribution is 7.94. The van der Waals surface area contributed by atoms with Crippen LogP contribution in [0.2, 0.25) is 5.02 Å². The fourth-order valence-electron chi connectivity index (χ4n) is 3.22. The van der Waals surface area contributed by atoms with Gasteiger partial charge in [0.05, 0.1) is 16.3 Å². The van der Waals surface area contributed by atoms with E-state index in [1.807, 2.05) is 31.1 Å². The van der Waals surface area contributed by atoms with Crippen molar-refractivity contribution in [2.24, 2.45) is 0 Å². The Morgan fingerprint density at radius 3 is 2.30 bits per heavy atom. The van der Waals surface area contributed by atoms with Crippen LogP contribution < -0.4 is 9.03 Å². The maximum Gasteiger partial charge on any atom is 0.242 e. The topological polar surface area (TPSA) is 104 Å². The van der Waals surface area contributed by atoms with Crippen molar-refractivity contribution in [3.8, 4) is 0 Å². The third-order valence-electron chi connectivity index (χ3n) is 4.81. The van der Waals surface area contributed by atoms with E-state index in [2.05, 4.69) is 4.72 Å². The fraction of sp³-hybridized carbons (Fsp3) is 0.316. The average Bonchev–Trinajstić information content (AvgIpc) is 2.95. The summed E-state index contributed by atoms with van der Waals surface area (Å²) >= 11 is 6.26. The smallest absolute Gasteiger partial charge is 0.242 e. The second-order valence-electron chi connectivity index (χ2n) is 7.07. The maximum atomic E-state index is 12.7. The van der Waals surface area contributed by atoms with Crippen LogP contribution in [0.5, 0.6) is 0 Å². The molecule has 0 saturated carbocycles. The van der Waals surface area contributed by atoms with Gasteiger partial charge in [-0.2, -0.15) is 0 Å². The van der Waals surface area contributed by atoms with Crippen LogP contribution >= 0.6 is 11.6 Å². The molecule has 1 saturated heterocycles. The lowest BCUT2D eigenvalue weighted by Crippen LogP contribution is -2.34. The van der Waals surface area contributed by atoms with Crippen LogP contribution in [-0.2, 0) is 24.8 Å². The molecule has 1 aliphatic rings. The van der Waals surface area contributed by atoms with Crippen molar-refractivity contribution in [3.05, 3.63) is 59.1 Å². The van der Waals surface area contributed by atoms with Crippen molar-refractivity contribution in [2.75, 3.05) is 30.7 Å². The molecule has 8 nitrogen and oxygen atoms in total. The highest BCUT2D eigenvalue weighted by Gasteiger charge is 2.36. The van der Waals surface area contributed by atoms with Gasteiger partial charge in [-0.3, -0.25) is 4.79 Å². The van der Waals surface area contributed by atoms with E-state index in [1.54, 1.807) is 12.1 Å². The number of halogens is 1. The number of carbonyl (C=O) groups excluding carboxylic acids is 1. The zero-order chi connectivity index (χ0) is 22.1. The van der Waals surface area contributed by atoms with E-state index in [9.17, 15) is 21.6 Å². The molecule has 1 atom stereocenters. The molecule has 1 aliphatic heterocycles. The Balaban J connectivity index is 1.79. The molecule has 1 N–H and O–H groups in total. The minimum atomic E-state index is -3.86. The van der Waals surface area contributed by atoms with Crippen LogP contribution in [-0.4, -0.2) is 54.0 Å². The molecule has 1 heterocycles. The number of hydrogen-bond acceptors (Lipinski definition) is 6. The quantitative estimate of drug-likeness (QED) is 0.662. The van der Waals surface area contributed by atoms with Crippen LogP contribution in [0, 0.1) is 0 Å². The van der Waals surface area contributed by atoms with E-state index in [4.69, 9.17) is 11.6 Å². The molecular formula is C19H22ClN3O5S2. The number of rotatable bonds is 7. The molecule has 30 heavy (non-hydrogen) atoms. The molecule has 162 valence electrons. The summed E-state index contributed by atoms with van der Waals surface area (Å²) in [4.78, 5) is 13.7. The van der Waals surface area contributed by atoms with Crippen LogP contribution in [0.1, 0.15) is 18.0 Å². The van der Waals surface area contributed by atoms with Gasteiger partial charge < -0.3 is 4.90 Å². The zero-order valence-corrected chi connectivity index (χ0v) is 18.8. The Bertz CT molecular complexity index is 1150. The third kappa shape index (κ3) is 4.68. The molecule has 11 heteroatoms. The van der Waals surface area contributed by atoms with Gasteiger partial charge >= 0.3 is 0 Å². The maximum absolute atomic E-state index is 12.7. The molecule has 0 unspecified atom stereocenters. The van der Waals surface area contributed by atoms with E-state index >= 15 is 0 Å². The van der Waals surface area contributed by atoms with Gasteiger partial charge in [-0.1, -0.05) is 29.8 Å². The average molecular weight is 472 g/mol. The summed E-state index contributed by atoms with van der Waals surface area (Å²) in [6.45, 7) is 0.0831. The Labute approximate surface area is 181 Å². The van der Waals surface area contributed by atoms with E-state index in [-0.39, 0.29) is 35.3 Å². The van der Waals surface area contributed by atoms with Crippen molar-refractivity contribution in [1.82, 2.24) is 9.62 Å². The van der Waals surface area contributed by atoms with Crippen LogP contribution in [0.3, 0.4) is 0 Å². The highest BCUT2D eigenvalue weighted by Crippen LogP contribution is 2.28. The van der Waals surface area contributed by atoms with E-state index in [1.165, 1.54) is 24.3 Å². The number of nitrogens with zero attached hydrogens (tertiary/aromatic N) is 2. The van der Waals surface area contributed by atoms with Gasteiger partial charge in [0.2, 0.25) is 26.0 Å². The summed E-state index contributed by atoms with van der Waals surface area (Å²) in [6, 6.07) is 12.1. The first-order valence-electron chi connectivity index (χ1n) is 9.09. The molecule has 2 aromatic rings. The van der Waals surface area contributed by atoms with Gasteiger partial charge in [-0.05, 0) is 50.0 Å². The monoisotopic (exact) mass is 471 g/mol. The van der Waals surface area contributed by atoms with Crippen molar-refractivity contribution >= 4 is 43.2 Å². The van der Waals surface area contributed by atoms with Gasteiger partial charge in [0, 0.05) is 24.0 Å². The lowest BCUT2D eigenvalue weighted by atomic mass is 10.1. The molecule has 0 aliphatic carbocycles. The molecule has 1 fully saturated rings. The predicted octanol–water partition coefficient (Wildman–Crippen LogP) is 1.99. The number of hydrogen-bond donors (Lipinski definition) is 1. The lowest BCUT2D eigenvalue weighted by molar-refractivity contribution is -0.116. The summed E-state index contributed by atoms with van der Waals surface area (Å²) < 4.78 is 52.8. The third-order valence-corrected chi connectivity index (χ3v) is 8.29. The van der Waals surface area contributed by atoms with Gasteiger partial charge in [0.25, 0.3) is 0 Å². The molecule has 1 amide bonds. The van der Waals surface area contributed by atoms with Gasteiger partial charge in [-0.25, -0.2) is 25.9 Å². The Hall–Kier alpha value is -1.98. The van der Waals surface area contributed by atoms with Crippen molar-refractivity contribution in [2.45, 2.75) is 17.4 Å². The summed E-state index contributed by atoms with van der Waals surface area (Å²) in [7, 11) is -3.92. The summed E-state index contributed by atoms with van der Waals surface area (Å²) in [5, 5.41) is 0.538. The van der Waals surface area contributed by atoms with Crippen molar-refractivity contribution in [3.63, 3.8) is 0 Å². The van der Waals surface area contributed by atoms with Crippen LogP contribution in [0.4, 0.5) is 5.69 Å². The van der Waals surface area contributed by atoms with E-state index < -0.39 is 26.0 Å². The van der Waals surface area contributed by atoms with Gasteiger partial charge in [-0.15, -0.1) is 0 Å².